The molecule has 0 aromatic rings. The maximum absolute atomic E-state index is 11.0. The molecule has 0 bridgehead atoms. The van der Waals surface area contributed by atoms with Gasteiger partial charge >= 0.3 is 6.03 Å². The van der Waals surface area contributed by atoms with Gasteiger partial charge in [0.25, 0.3) is 0 Å². The van der Waals surface area contributed by atoms with Gasteiger partial charge in [-0.1, -0.05) is 0 Å². The molecule has 3 unspecified atom stereocenters. The molecular weight excluding hydrogens is 164 g/mol. The predicted octanol–water partition coefficient (Wildman–Crippen LogP) is -3.64. The minimum atomic E-state index is -1.20. The zero-order valence-corrected chi connectivity index (χ0v) is 5.96. The van der Waals surface area contributed by atoms with Crippen molar-refractivity contribution in [3.63, 3.8) is 0 Å². The predicted molar refractivity (Wildman–Crippen MR) is 34.3 cm³/mol. The summed E-state index contributed by atoms with van der Waals surface area (Å²) in [6, 6.07) is -1.24. The second-order valence-electron chi connectivity index (χ2n) is 2.63. The fourth-order valence-corrected chi connectivity index (χ4v) is 1.29. The van der Waals surface area contributed by atoms with Crippen LogP contribution in [0.2, 0.25) is 0 Å². The van der Waals surface area contributed by atoms with Gasteiger partial charge < -0.3 is 15.7 Å². The van der Waals surface area contributed by atoms with Crippen molar-refractivity contribution < 1.29 is 14.7 Å². The Balaban J connectivity index is 2.15. The molecule has 2 rings (SSSR count). The highest BCUT2D eigenvalue weighted by molar-refractivity contribution is 6.00. The van der Waals surface area contributed by atoms with Gasteiger partial charge in [0.1, 0.15) is 12.2 Å². The monoisotopic (exact) mass is 171 g/mol. The molecule has 0 saturated carbocycles. The van der Waals surface area contributed by atoms with E-state index in [1.165, 1.54) is 0 Å². The van der Waals surface area contributed by atoms with E-state index >= 15 is 0 Å². The van der Waals surface area contributed by atoms with Gasteiger partial charge in [-0.05, 0) is 6.35 Å². The number of carbonyl (C=O) groups excluding carboxylic acids is 2. The Morgan fingerprint density at radius 3 is 2.75 bits per heavy atom. The van der Waals surface area contributed by atoms with Crippen LogP contribution in [0.15, 0.2) is 0 Å². The van der Waals surface area contributed by atoms with E-state index in [0.717, 1.165) is 0 Å². The Morgan fingerprint density at radius 2 is 2.00 bits per heavy atom. The van der Waals surface area contributed by atoms with Gasteiger partial charge in [-0.25, -0.2) is 4.79 Å². The summed E-state index contributed by atoms with van der Waals surface area (Å²) in [6.45, 7) is 0. The first-order valence-electron chi connectivity index (χ1n) is 3.46. The molecule has 0 aliphatic carbocycles. The second kappa shape index (κ2) is 2.41. The lowest BCUT2D eigenvalue weighted by molar-refractivity contribution is -0.432. The van der Waals surface area contributed by atoms with Crippen LogP contribution < -0.4 is 26.4 Å². The lowest BCUT2D eigenvalue weighted by Gasteiger charge is -2.24. The van der Waals surface area contributed by atoms with Gasteiger partial charge in [0.15, 0.2) is 0 Å². The van der Waals surface area contributed by atoms with Crippen LogP contribution in [0.25, 0.3) is 0 Å². The third kappa shape index (κ3) is 1.04. The van der Waals surface area contributed by atoms with Crippen molar-refractivity contribution in [2.75, 3.05) is 0 Å². The summed E-state index contributed by atoms with van der Waals surface area (Å²) < 4.78 is 0. The molecule has 2 aliphatic rings. The van der Waals surface area contributed by atoms with E-state index in [-0.39, 0.29) is 0 Å². The van der Waals surface area contributed by atoms with Gasteiger partial charge in [-0.3, -0.25) is 15.4 Å². The lowest BCUT2D eigenvalue weighted by Crippen LogP contribution is -2.64. The molecule has 2 fully saturated rings. The molecule has 2 saturated heterocycles. The molecule has 7 nitrogen and oxygen atoms in total. The number of nitrogens with one attached hydrogen (secondary N) is 4. The average Bonchev–Trinajstić information content (AvgIpc) is 2.29. The number of hydrogen-bond acceptors (Lipinski definition) is 5. The van der Waals surface area contributed by atoms with Crippen LogP contribution in [0.4, 0.5) is 4.79 Å². The Hall–Kier alpha value is -1.18. The summed E-state index contributed by atoms with van der Waals surface area (Å²) >= 11 is 0. The van der Waals surface area contributed by atoms with Crippen LogP contribution in [0.5, 0.6) is 0 Å². The Bertz CT molecular complexity index is 243. The molecule has 0 radical (unpaired) electrons. The average molecular weight is 171 g/mol. The quantitative estimate of drug-likeness (QED) is 0.301. The number of fused-ring (bicyclic) bond motifs is 1. The van der Waals surface area contributed by atoms with Gasteiger partial charge in [0.2, 0.25) is 5.91 Å². The van der Waals surface area contributed by atoms with E-state index in [9.17, 15) is 14.7 Å². The van der Waals surface area contributed by atoms with Crippen molar-refractivity contribution in [3.8, 4) is 0 Å². The van der Waals surface area contributed by atoms with Crippen LogP contribution in [0.3, 0.4) is 0 Å². The van der Waals surface area contributed by atoms with E-state index in [1.54, 1.807) is 0 Å². The molecule has 0 aromatic heterocycles. The minimum Gasteiger partial charge on any atom is -0.829 e. The van der Waals surface area contributed by atoms with Crippen LogP contribution >= 0.6 is 0 Å². The Labute approximate surface area is 67.5 Å². The number of hydrogen-bond donors (Lipinski definition) is 4. The summed E-state index contributed by atoms with van der Waals surface area (Å²) in [6.07, 6.45) is -1.79. The molecule has 3 atom stereocenters. The van der Waals surface area contributed by atoms with Gasteiger partial charge in [0, 0.05) is 0 Å². The Kier molecular flexibility index (Phi) is 1.50. The number of urea groups is 1. The van der Waals surface area contributed by atoms with Gasteiger partial charge in [-0.15, -0.1) is 0 Å². The fraction of sp³-hybridized carbons (Fsp3) is 0.600. The van der Waals surface area contributed by atoms with Crippen molar-refractivity contribution in [3.05, 3.63) is 0 Å². The van der Waals surface area contributed by atoms with Crippen molar-refractivity contribution in [2.24, 2.45) is 0 Å². The SMILES string of the molecule is O=C1NC(=O)C2NC([O-])NC2N1. The van der Waals surface area contributed by atoms with Crippen LogP contribution in [-0.2, 0) is 4.79 Å². The zero-order valence-electron chi connectivity index (χ0n) is 5.96. The maximum atomic E-state index is 11.0. The normalized spacial score (nSPS) is 40.2. The van der Waals surface area contributed by atoms with Gasteiger partial charge in [0.05, 0.1) is 0 Å². The van der Waals surface area contributed by atoms with Crippen LogP contribution in [0, 0.1) is 0 Å². The molecule has 3 amide bonds. The molecule has 4 N–H and O–H groups in total. The van der Waals surface area contributed by atoms with Crippen molar-refractivity contribution in [1.82, 2.24) is 21.3 Å². The van der Waals surface area contributed by atoms with Crippen molar-refractivity contribution in [2.45, 2.75) is 18.6 Å². The standard InChI is InChI=1S/C5H7N4O3/c10-3-1-2(7-4(11)6-1)8-5(12)9-3/h1-2,4,6-7H,(H2,8,9,10,12)/q-1. The van der Waals surface area contributed by atoms with E-state index < -0.39 is 30.5 Å². The highest BCUT2D eigenvalue weighted by atomic mass is 16.3. The largest absolute Gasteiger partial charge is 0.829 e. The first-order chi connectivity index (χ1) is 5.66. The van der Waals surface area contributed by atoms with E-state index in [2.05, 4.69) is 16.0 Å². The van der Waals surface area contributed by atoms with Gasteiger partial charge in [-0.2, -0.15) is 0 Å². The fourth-order valence-electron chi connectivity index (χ4n) is 1.29. The summed E-state index contributed by atoms with van der Waals surface area (Å²) in [7, 11) is 0. The number of rotatable bonds is 0. The van der Waals surface area contributed by atoms with E-state index in [1.807, 2.05) is 5.32 Å². The first-order valence-corrected chi connectivity index (χ1v) is 3.46. The molecule has 0 spiro atoms. The molecule has 2 heterocycles. The number of amides is 3. The van der Waals surface area contributed by atoms with E-state index in [0.29, 0.717) is 0 Å². The van der Waals surface area contributed by atoms with Crippen LogP contribution in [-0.4, -0.2) is 30.5 Å². The maximum Gasteiger partial charge on any atom is 0.322 e. The van der Waals surface area contributed by atoms with Crippen LogP contribution in [0.1, 0.15) is 0 Å². The lowest BCUT2D eigenvalue weighted by atomic mass is 10.2. The van der Waals surface area contributed by atoms with E-state index in [4.69, 9.17) is 0 Å². The molecule has 12 heavy (non-hydrogen) atoms. The smallest absolute Gasteiger partial charge is 0.322 e. The summed E-state index contributed by atoms with van der Waals surface area (Å²) in [5.74, 6) is -0.477. The van der Waals surface area contributed by atoms with Crippen molar-refractivity contribution in [1.29, 1.82) is 0 Å². The summed E-state index contributed by atoms with van der Waals surface area (Å²) in [4.78, 5) is 21.7. The topological polar surface area (TPSA) is 105 Å². The molecule has 2 aliphatic heterocycles. The molecule has 0 aromatic carbocycles. The minimum absolute atomic E-state index is 0.477. The Morgan fingerprint density at radius 1 is 1.25 bits per heavy atom. The summed E-state index contributed by atoms with van der Waals surface area (Å²) in [5.41, 5.74) is 0. The molecule has 7 heteroatoms. The highest BCUT2D eigenvalue weighted by Crippen LogP contribution is 2.02. The first kappa shape index (κ1) is 7.47. The van der Waals surface area contributed by atoms with Crippen molar-refractivity contribution >= 4 is 11.9 Å². The highest BCUT2D eigenvalue weighted by Gasteiger charge is 2.39. The number of imide groups is 1. The summed E-state index contributed by atoms with van der Waals surface area (Å²) in [5, 5.41) is 20.1. The third-order valence-corrected chi connectivity index (χ3v) is 1.80. The third-order valence-electron chi connectivity index (χ3n) is 1.80. The molecule has 66 valence electrons. The zero-order chi connectivity index (χ0) is 8.72. The number of carbonyl (C=O) groups is 2. The molecular formula is C5H7N4O3-. The second-order valence-corrected chi connectivity index (χ2v) is 2.63.